The second-order valence-corrected chi connectivity index (χ2v) is 5.98. The smallest absolute Gasteiger partial charge is 0.436 e. The second-order valence-electron chi connectivity index (χ2n) is 5.58. The largest absolute Gasteiger partial charge is 0.463 e. The normalized spacial score (nSPS) is 13.5. The lowest BCUT2D eigenvalue weighted by atomic mass is 10.1. The minimum Gasteiger partial charge on any atom is -0.463 e. The summed E-state index contributed by atoms with van der Waals surface area (Å²) in [6.45, 7) is 0.583. The lowest BCUT2D eigenvalue weighted by Crippen LogP contribution is -2.72. The molecule has 2 rings (SSSR count). The van der Waals surface area contributed by atoms with Gasteiger partial charge in [0.1, 0.15) is 0 Å². The van der Waals surface area contributed by atoms with Crippen LogP contribution in [-0.2, 0) is 16.1 Å². The van der Waals surface area contributed by atoms with Crippen LogP contribution in [0, 0.1) is 0 Å². The van der Waals surface area contributed by atoms with Crippen LogP contribution in [0.25, 0.3) is 0 Å². The van der Waals surface area contributed by atoms with Gasteiger partial charge in [0.05, 0.1) is 22.9 Å². The Bertz CT molecular complexity index is 834. The number of aromatic nitrogens is 1. The number of esters is 1. The molecule has 1 aromatic carbocycles. The van der Waals surface area contributed by atoms with Crippen LogP contribution < -0.4 is 10.6 Å². The molecule has 1 atom stereocenters. The first-order chi connectivity index (χ1) is 13.2. The standard InChI is InChI=1S/C18H17ClF3N3O3/c1-2-28-16(27)17(18(20,21)22,24-11-12-7-5-6-10-23-12)25-15(26)13-8-3-4-9-14(13)19/h3-10,24H,2,11H2,1H3,(H,25,26)/t17-/m0/s1. The van der Waals surface area contributed by atoms with Crippen molar-refractivity contribution in [2.45, 2.75) is 25.3 Å². The van der Waals surface area contributed by atoms with E-state index in [9.17, 15) is 22.8 Å². The van der Waals surface area contributed by atoms with E-state index in [0.29, 0.717) is 0 Å². The second kappa shape index (κ2) is 9.03. The van der Waals surface area contributed by atoms with Crippen molar-refractivity contribution in [1.29, 1.82) is 0 Å². The van der Waals surface area contributed by atoms with Crippen LogP contribution in [0.1, 0.15) is 23.0 Å². The number of alkyl halides is 3. The molecule has 0 saturated carbocycles. The lowest BCUT2D eigenvalue weighted by molar-refractivity contribution is -0.219. The predicted molar refractivity (Wildman–Crippen MR) is 95.4 cm³/mol. The van der Waals surface area contributed by atoms with Crippen LogP contribution in [0.4, 0.5) is 13.2 Å². The van der Waals surface area contributed by atoms with Gasteiger partial charge in [0.15, 0.2) is 0 Å². The quantitative estimate of drug-likeness (QED) is 0.536. The van der Waals surface area contributed by atoms with E-state index in [0.717, 1.165) is 0 Å². The van der Waals surface area contributed by atoms with Crippen LogP contribution in [0.5, 0.6) is 0 Å². The van der Waals surface area contributed by atoms with Crippen LogP contribution in [0.15, 0.2) is 48.7 Å². The topological polar surface area (TPSA) is 80.3 Å². The van der Waals surface area contributed by atoms with E-state index in [2.05, 4.69) is 15.0 Å². The molecular weight excluding hydrogens is 399 g/mol. The van der Waals surface area contributed by atoms with E-state index in [-0.39, 0.29) is 22.9 Å². The van der Waals surface area contributed by atoms with Crippen LogP contribution in [0.2, 0.25) is 5.02 Å². The third-order valence-corrected chi connectivity index (χ3v) is 4.02. The summed E-state index contributed by atoms with van der Waals surface area (Å²) in [7, 11) is 0. The Labute approximate surface area is 164 Å². The van der Waals surface area contributed by atoms with E-state index < -0.39 is 30.3 Å². The molecular formula is C18H17ClF3N3O3. The molecule has 6 nitrogen and oxygen atoms in total. The zero-order valence-corrected chi connectivity index (χ0v) is 15.5. The Morgan fingerprint density at radius 3 is 2.39 bits per heavy atom. The summed E-state index contributed by atoms with van der Waals surface area (Å²) < 4.78 is 46.6. The van der Waals surface area contributed by atoms with Gasteiger partial charge < -0.3 is 10.1 Å². The Balaban J connectivity index is 2.42. The van der Waals surface area contributed by atoms with Gasteiger partial charge in [-0.3, -0.25) is 15.1 Å². The van der Waals surface area contributed by atoms with Gasteiger partial charge in [-0.15, -0.1) is 0 Å². The van der Waals surface area contributed by atoms with Crippen molar-refractivity contribution in [3.05, 3.63) is 64.9 Å². The Morgan fingerprint density at radius 1 is 1.14 bits per heavy atom. The van der Waals surface area contributed by atoms with Gasteiger partial charge in [-0.1, -0.05) is 29.8 Å². The number of halogens is 4. The van der Waals surface area contributed by atoms with Gasteiger partial charge in [-0.2, -0.15) is 13.2 Å². The molecule has 0 fully saturated rings. The lowest BCUT2D eigenvalue weighted by Gasteiger charge is -2.34. The van der Waals surface area contributed by atoms with Crippen LogP contribution in [-0.4, -0.2) is 35.3 Å². The Kier molecular flexibility index (Phi) is 6.98. The Hall–Kier alpha value is -2.65. The van der Waals surface area contributed by atoms with Crippen molar-refractivity contribution in [2.75, 3.05) is 6.61 Å². The van der Waals surface area contributed by atoms with E-state index in [1.807, 2.05) is 0 Å². The predicted octanol–water partition coefficient (Wildman–Crippen LogP) is 3.08. The fourth-order valence-corrected chi connectivity index (χ4v) is 2.52. The van der Waals surface area contributed by atoms with Crippen LogP contribution >= 0.6 is 11.6 Å². The number of rotatable bonds is 7. The zero-order chi connectivity index (χ0) is 20.8. The monoisotopic (exact) mass is 415 g/mol. The summed E-state index contributed by atoms with van der Waals surface area (Å²) in [5, 5.41) is 3.71. The zero-order valence-electron chi connectivity index (χ0n) is 14.7. The molecule has 0 aliphatic heterocycles. The first-order valence-electron chi connectivity index (χ1n) is 8.17. The SMILES string of the molecule is CCOC(=O)[C@](NCc1ccccn1)(NC(=O)c1ccccc1Cl)C(F)(F)F. The molecule has 0 saturated heterocycles. The summed E-state index contributed by atoms with van der Waals surface area (Å²) in [5.41, 5.74) is -3.48. The van der Waals surface area contributed by atoms with Gasteiger partial charge in [0, 0.05) is 12.7 Å². The minimum atomic E-state index is -5.22. The maximum atomic E-state index is 14.0. The Morgan fingerprint density at radius 2 is 1.82 bits per heavy atom. The van der Waals surface area contributed by atoms with Gasteiger partial charge >= 0.3 is 12.1 Å². The van der Waals surface area contributed by atoms with E-state index in [4.69, 9.17) is 11.6 Å². The van der Waals surface area contributed by atoms with Crippen molar-refractivity contribution in [3.63, 3.8) is 0 Å². The number of hydrogen-bond donors (Lipinski definition) is 2. The first kappa shape index (κ1) is 21.6. The molecule has 1 amide bonds. The third-order valence-electron chi connectivity index (χ3n) is 3.69. The number of carbonyl (C=O) groups is 2. The highest BCUT2D eigenvalue weighted by Crippen LogP contribution is 2.31. The average Bonchev–Trinajstić information content (AvgIpc) is 2.65. The fraction of sp³-hybridized carbons (Fsp3) is 0.278. The highest BCUT2D eigenvalue weighted by atomic mass is 35.5. The molecule has 0 unspecified atom stereocenters. The van der Waals surface area contributed by atoms with Gasteiger partial charge in [0.2, 0.25) is 0 Å². The van der Waals surface area contributed by atoms with Crippen molar-refractivity contribution in [3.8, 4) is 0 Å². The molecule has 0 aliphatic rings. The van der Waals surface area contributed by atoms with Crippen molar-refractivity contribution >= 4 is 23.5 Å². The fourth-order valence-electron chi connectivity index (χ4n) is 2.30. The third kappa shape index (κ3) is 4.79. The number of amides is 1. The molecule has 2 aromatic rings. The maximum Gasteiger partial charge on any atom is 0.436 e. The molecule has 0 spiro atoms. The van der Waals surface area contributed by atoms with Crippen LogP contribution in [0.3, 0.4) is 0 Å². The summed E-state index contributed by atoms with van der Waals surface area (Å²) in [6.07, 6.45) is -3.83. The number of pyridine rings is 1. The molecule has 150 valence electrons. The van der Waals surface area contributed by atoms with Crippen molar-refractivity contribution in [2.24, 2.45) is 0 Å². The number of nitrogens with zero attached hydrogens (tertiary/aromatic N) is 1. The molecule has 1 heterocycles. The maximum absolute atomic E-state index is 14.0. The highest BCUT2D eigenvalue weighted by molar-refractivity contribution is 6.33. The van der Waals surface area contributed by atoms with Crippen molar-refractivity contribution in [1.82, 2.24) is 15.6 Å². The number of nitrogens with one attached hydrogen (secondary N) is 2. The van der Waals surface area contributed by atoms with E-state index in [1.54, 1.807) is 17.4 Å². The molecule has 1 aromatic heterocycles. The van der Waals surface area contributed by atoms with E-state index in [1.165, 1.54) is 43.5 Å². The number of benzene rings is 1. The molecule has 10 heteroatoms. The molecule has 28 heavy (non-hydrogen) atoms. The molecule has 2 N–H and O–H groups in total. The minimum absolute atomic E-state index is 0.0651. The number of ether oxygens (including phenoxy) is 1. The average molecular weight is 416 g/mol. The molecule has 0 aliphatic carbocycles. The summed E-state index contributed by atoms with van der Waals surface area (Å²) in [6, 6.07) is 10.2. The first-order valence-corrected chi connectivity index (χ1v) is 8.55. The summed E-state index contributed by atoms with van der Waals surface area (Å²) in [4.78, 5) is 28.7. The number of hydrogen-bond acceptors (Lipinski definition) is 5. The van der Waals surface area contributed by atoms with E-state index >= 15 is 0 Å². The van der Waals surface area contributed by atoms with Gasteiger partial charge in [0.25, 0.3) is 11.6 Å². The van der Waals surface area contributed by atoms with Crippen molar-refractivity contribution < 1.29 is 27.5 Å². The van der Waals surface area contributed by atoms with Gasteiger partial charge in [-0.25, -0.2) is 4.79 Å². The number of carbonyl (C=O) groups excluding carboxylic acids is 2. The van der Waals surface area contributed by atoms with Gasteiger partial charge in [-0.05, 0) is 31.2 Å². The summed E-state index contributed by atoms with van der Waals surface area (Å²) >= 11 is 5.89. The highest BCUT2D eigenvalue weighted by Gasteiger charge is 2.63. The summed E-state index contributed by atoms with van der Waals surface area (Å²) in [5.74, 6) is -2.89. The molecule has 0 radical (unpaired) electrons. The molecule has 0 bridgehead atoms.